The van der Waals surface area contributed by atoms with Crippen LogP contribution in [0.15, 0.2) is 0 Å². The Morgan fingerprint density at radius 3 is 2.15 bits per heavy atom. The van der Waals surface area contributed by atoms with E-state index in [2.05, 4.69) is 10.6 Å². The molecule has 0 aromatic heterocycles. The predicted molar refractivity (Wildman–Crippen MR) is 78.5 cm³/mol. The summed E-state index contributed by atoms with van der Waals surface area (Å²) in [6, 6.07) is 0.0878. The third kappa shape index (κ3) is 5.02. The predicted octanol–water partition coefficient (Wildman–Crippen LogP) is 2.02. The number of hydrogen-bond acceptors (Lipinski definition) is 2. The van der Waals surface area contributed by atoms with Crippen LogP contribution >= 0.6 is 0 Å². The molecule has 1 aliphatic carbocycles. The van der Waals surface area contributed by atoms with E-state index in [1.165, 1.54) is 32.1 Å². The fourth-order valence-corrected chi connectivity index (χ4v) is 3.07. The van der Waals surface area contributed by atoms with Gasteiger partial charge in [0.1, 0.15) is 0 Å². The second-order valence-corrected chi connectivity index (χ2v) is 5.96. The highest BCUT2D eigenvalue weighted by Crippen LogP contribution is 2.17. The molecule has 1 aliphatic heterocycles. The molecule has 114 valence electrons. The van der Waals surface area contributed by atoms with Crippen molar-refractivity contribution in [3.05, 3.63) is 0 Å². The smallest absolute Gasteiger partial charge is 0.315 e. The van der Waals surface area contributed by atoms with Crippen molar-refractivity contribution < 1.29 is 9.59 Å². The molecule has 0 spiro atoms. The molecule has 5 heteroatoms. The van der Waals surface area contributed by atoms with Gasteiger partial charge in [-0.15, -0.1) is 0 Å². The van der Waals surface area contributed by atoms with Crippen molar-refractivity contribution in [1.82, 2.24) is 15.5 Å². The number of hydrogen-bond donors (Lipinski definition) is 2. The van der Waals surface area contributed by atoms with Gasteiger partial charge in [0, 0.05) is 19.1 Å². The number of urea groups is 1. The third-order valence-electron chi connectivity index (χ3n) is 4.30. The molecule has 1 saturated carbocycles. The normalized spacial score (nSPS) is 21.1. The Balaban J connectivity index is 1.64. The summed E-state index contributed by atoms with van der Waals surface area (Å²) in [5, 5.41) is 5.70. The van der Waals surface area contributed by atoms with Gasteiger partial charge in [-0.1, -0.05) is 25.7 Å². The fourth-order valence-electron chi connectivity index (χ4n) is 3.07. The van der Waals surface area contributed by atoms with Crippen LogP contribution in [0.1, 0.15) is 57.8 Å². The van der Waals surface area contributed by atoms with Crippen molar-refractivity contribution in [1.29, 1.82) is 0 Å². The summed E-state index contributed by atoms with van der Waals surface area (Å²) in [7, 11) is 0. The maximum absolute atomic E-state index is 11.9. The average molecular weight is 281 g/mol. The second kappa shape index (κ2) is 8.12. The van der Waals surface area contributed by atoms with Crippen LogP contribution in [0.4, 0.5) is 4.79 Å². The lowest BCUT2D eigenvalue weighted by molar-refractivity contribution is -0.130. The van der Waals surface area contributed by atoms with Gasteiger partial charge in [0.2, 0.25) is 5.91 Å². The molecule has 0 bridgehead atoms. The van der Waals surface area contributed by atoms with Crippen LogP contribution in [-0.4, -0.2) is 42.5 Å². The number of nitrogens with zero attached hydrogens (tertiary/aromatic N) is 1. The third-order valence-corrected chi connectivity index (χ3v) is 4.30. The number of likely N-dealkylation sites (tertiary alicyclic amines) is 1. The minimum atomic E-state index is -0.192. The zero-order valence-corrected chi connectivity index (χ0v) is 12.3. The van der Waals surface area contributed by atoms with Crippen LogP contribution in [0.3, 0.4) is 0 Å². The van der Waals surface area contributed by atoms with Gasteiger partial charge < -0.3 is 15.5 Å². The fraction of sp³-hybridized carbons (Fsp3) is 0.867. The van der Waals surface area contributed by atoms with Crippen LogP contribution < -0.4 is 10.6 Å². The summed E-state index contributed by atoms with van der Waals surface area (Å²) >= 11 is 0. The summed E-state index contributed by atoms with van der Waals surface area (Å²) in [6.07, 6.45) is 10.4. The molecular formula is C15H27N3O2. The number of piperidine rings is 1. The highest BCUT2D eigenvalue weighted by atomic mass is 16.2. The first-order chi connectivity index (χ1) is 9.75. The van der Waals surface area contributed by atoms with Crippen LogP contribution in [-0.2, 0) is 4.79 Å². The van der Waals surface area contributed by atoms with E-state index in [0.29, 0.717) is 0 Å². The van der Waals surface area contributed by atoms with Gasteiger partial charge in [-0.2, -0.15) is 0 Å². The zero-order valence-electron chi connectivity index (χ0n) is 12.3. The van der Waals surface area contributed by atoms with Gasteiger partial charge in [-0.25, -0.2) is 4.79 Å². The number of rotatable bonds is 3. The largest absolute Gasteiger partial charge is 0.341 e. The van der Waals surface area contributed by atoms with E-state index < -0.39 is 0 Å². The summed E-state index contributed by atoms with van der Waals surface area (Å²) in [5.74, 6) is 0.0423. The van der Waals surface area contributed by atoms with Crippen molar-refractivity contribution in [3.8, 4) is 0 Å². The molecule has 1 saturated heterocycles. The quantitative estimate of drug-likeness (QED) is 0.777. The first-order valence-electron chi connectivity index (χ1n) is 8.08. The average Bonchev–Trinajstić information content (AvgIpc) is 2.74. The van der Waals surface area contributed by atoms with Gasteiger partial charge in [0.05, 0.1) is 6.54 Å². The van der Waals surface area contributed by atoms with Crippen LogP contribution in [0.25, 0.3) is 0 Å². The topological polar surface area (TPSA) is 61.4 Å². The molecule has 3 amide bonds. The molecule has 1 heterocycles. The molecule has 0 unspecified atom stereocenters. The Labute approximate surface area is 121 Å². The Morgan fingerprint density at radius 1 is 0.900 bits per heavy atom. The molecule has 20 heavy (non-hydrogen) atoms. The molecule has 2 aliphatic rings. The van der Waals surface area contributed by atoms with Gasteiger partial charge >= 0.3 is 6.03 Å². The molecular weight excluding hydrogens is 254 g/mol. The van der Waals surface area contributed by atoms with E-state index >= 15 is 0 Å². The highest BCUT2D eigenvalue weighted by molar-refractivity contribution is 5.84. The van der Waals surface area contributed by atoms with Gasteiger partial charge in [0.25, 0.3) is 0 Å². The summed E-state index contributed by atoms with van der Waals surface area (Å²) < 4.78 is 0. The lowest BCUT2D eigenvalue weighted by Gasteiger charge is -2.27. The summed E-state index contributed by atoms with van der Waals surface area (Å²) in [6.45, 7) is 1.80. The molecule has 5 nitrogen and oxygen atoms in total. The van der Waals surface area contributed by atoms with Crippen LogP contribution in [0.5, 0.6) is 0 Å². The van der Waals surface area contributed by atoms with E-state index in [1.807, 2.05) is 4.90 Å². The number of carbonyl (C=O) groups excluding carboxylic acids is 2. The number of nitrogens with one attached hydrogen (secondary N) is 2. The van der Waals surface area contributed by atoms with E-state index in [0.717, 1.165) is 38.8 Å². The van der Waals surface area contributed by atoms with Crippen molar-refractivity contribution in [3.63, 3.8) is 0 Å². The number of carbonyl (C=O) groups is 2. The molecule has 0 aromatic carbocycles. The van der Waals surface area contributed by atoms with Crippen molar-refractivity contribution in [2.45, 2.75) is 63.8 Å². The van der Waals surface area contributed by atoms with Crippen LogP contribution in [0, 0.1) is 0 Å². The molecule has 2 fully saturated rings. The molecule has 2 rings (SSSR count). The zero-order chi connectivity index (χ0) is 14.2. The summed E-state index contributed by atoms with van der Waals surface area (Å²) in [4.78, 5) is 25.6. The lowest BCUT2D eigenvalue weighted by atomic mass is 10.1. The standard InChI is InChI=1S/C15H27N3O2/c19-14(18-10-6-3-7-11-18)12-16-15(20)17-13-8-4-1-2-5-9-13/h13H,1-12H2,(H2,16,17,20). The minimum absolute atomic E-state index is 0.0423. The molecule has 0 atom stereocenters. The van der Waals surface area contributed by atoms with Crippen molar-refractivity contribution >= 4 is 11.9 Å². The molecule has 0 aromatic rings. The maximum atomic E-state index is 11.9. The Kier molecular flexibility index (Phi) is 6.15. The molecule has 0 radical (unpaired) electrons. The van der Waals surface area contributed by atoms with E-state index in [4.69, 9.17) is 0 Å². The van der Waals surface area contributed by atoms with Gasteiger partial charge in [-0.05, 0) is 32.1 Å². The maximum Gasteiger partial charge on any atom is 0.315 e. The second-order valence-electron chi connectivity index (χ2n) is 5.96. The SMILES string of the molecule is O=C(NCC(=O)N1CCCCC1)NC1CCCCCC1. The molecule has 2 N–H and O–H groups in total. The van der Waals surface area contributed by atoms with E-state index in [9.17, 15) is 9.59 Å². The highest BCUT2D eigenvalue weighted by Gasteiger charge is 2.18. The first-order valence-corrected chi connectivity index (χ1v) is 8.08. The van der Waals surface area contributed by atoms with Gasteiger partial charge in [0.15, 0.2) is 0 Å². The summed E-state index contributed by atoms with van der Waals surface area (Å²) in [5.41, 5.74) is 0. The van der Waals surface area contributed by atoms with E-state index in [1.54, 1.807) is 0 Å². The van der Waals surface area contributed by atoms with Crippen LogP contribution in [0.2, 0.25) is 0 Å². The first kappa shape index (κ1) is 15.1. The monoisotopic (exact) mass is 281 g/mol. The van der Waals surface area contributed by atoms with Crippen molar-refractivity contribution in [2.75, 3.05) is 19.6 Å². The van der Waals surface area contributed by atoms with Gasteiger partial charge in [-0.3, -0.25) is 4.79 Å². The Hall–Kier alpha value is -1.26. The minimum Gasteiger partial charge on any atom is -0.341 e. The van der Waals surface area contributed by atoms with E-state index in [-0.39, 0.29) is 24.5 Å². The van der Waals surface area contributed by atoms with Crippen molar-refractivity contribution in [2.24, 2.45) is 0 Å². The lowest BCUT2D eigenvalue weighted by Crippen LogP contribution is -2.47. The Bertz CT molecular complexity index is 319. The number of amides is 3. The Morgan fingerprint density at radius 2 is 1.50 bits per heavy atom.